The fourth-order valence-corrected chi connectivity index (χ4v) is 1.76. The van der Waals surface area contributed by atoms with Crippen molar-refractivity contribution in [3.63, 3.8) is 0 Å². The summed E-state index contributed by atoms with van der Waals surface area (Å²) in [7, 11) is 0. The number of carbonyl (C=O) groups excluding carboxylic acids is 1. The maximum Gasteiger partial charge on any atom is 0.291 e. The van der Waals surface area contributed by atoms with E-state index in [1.807, 2.05) is 0 Å². The summed E-state index contributed by atoms with van der Waals surface area (Å²) >= 11 is 0. The van der Waals surface area contributed by atoms with Crippen molar-refractivity contribution in [2.24, 2.45) is 0 Å². The first-order valence-electron chi connectivity index (χ1n) is 5.78. The summed E-state index contributed by atoms with van der Waals surface area (Å²) in [5.74, 6) is 0.673. The Morgan fingerprint density at radius 2 is 1.88 bits per heavy atom. The summed E-state index contributed by atoms with van der Waals surface area (Å²) in [4.78, 5) is 15.9. The molecule has 16 heavy (non-hydrogen) atoms. The first-order chi connectivity index (χ1) is 7.56. The molecule has 5 nitrogen and oxygen atoms in total. The zero-order valence-corrected chi connectivity index (χ0v) is 10.4. The molecular formula is C11H20N4O. The number of carbonyl (C=O) groups is 1. The highest BCUT2D eigenvalue weighted by Gasteiger charge is 2.27. The first kappa shape index (κ1) is 12.7. The number of H-pyrrole nitrogens is 1. The Morgan fingerprint density at radius 1 is 1.31 bits per heavy atom. The number of hydrogen-bond acceptors (Lipinski definition) is 3. The van der Waals surface area contributed by atoms with E-state index in [2.05, 4.69) is 41.3 Å². The van der Waals surface area contributed by atoms with Crippen LogP contribution in [-0.2, 0) is 0 Å². The van der Waals surface area contributed by atoms with Crippen molar-refractivity contribution < 1.29 is 4.79 Å². The third kappa shape index (κ3) is 2.59. The summed E-state index contributed by atoms with van der Waals surface area (Å²) in [6.07, 6.45) is 2.74. The van der Waals surface area contributed by atoms with Gasteiger partial charge in [0.15, 0.2) is 0 Å². The van der Waals surface area contributed by atoms with Crippen LogP contribution in [0, 0.1) is 6.92 Å². The normalized spacial score (nSPS) is 11.5. The number of aryl methyl sites for hydroxylation is 1. The van der Waals surface area contributed by atoms with Gasteiger partial charge in [-0.2, -0.15) is 0 Å². The lowest BCUT2D eigenvalue weighted by Gasteiger charge is -2.31. The Hall–Kier alpha value is -1.39. The molecule has 1 rings (SSSR count). The monoisotopic (exact) mass is 224 g/mol. The van der Waals surface area contributed by atoms with Gasteiger partial charge in [-0.1, -0.05) is 20.8 Å². The minimum absolute atomic E-state index is 0.133. The van der Waals surface area contributed by atoms with Gasteiger partial charge < -0.3 is 5.32 Å². The van der Waals surface area contributed by atoms with Gasteiger partial charge in [-0.3, -0.25) is 9.89 Å². The summed E-state index contributed by atoms with van der Waals surface area (Å²) in [6.45, 7) is 8.01. The molecule has 0 aliphatic rings. The van der Waals surface area contributed by atoms with Gasteiger partial charge in [-0.15, -0.1) is 5.10 Å². The maximum atomic E-state index is 11.9. The second-order valence-electron chi connectivity index (χ2n) is 4.04. The molecule has 90 valence electrons. The van der Waals surface area contributed by atoms with Crippen molar-refractivity contribution in [1.29, 1.82) is 0 Å². The van der Waals surface area contributed by atoms with Crippen LogP contribution in [0.2, 0.25) is 0 Å². The Kier molecular flexibility index (Phi) is 4.04. The van der Waals surface area contributed by atoms with Gasteiger partial charge in [0.1, 0.15) is 5.82 Å². The molecule has 1 heterocycles. The van der Waals surface area contributed by atoms with Gasteiger partial charge in [-0.25, -0.2) is 4.98 Å². The molecule has 0 unspecified atom stereocenters. The zero-order chi connectivity index (χ0) is 12.2. The Balaban J connectivity index is 2.76. The quantitative estimate of drug-likeness (QED) is 0.801. The molecule has 0 spiro atoms. The molecular weight excluding hydrogens is 204 g/mol. The van der Waals surface area contributed by atoms with E-state index in [1.54, 1.807) is 6.92 Å². The average Bonchev–Trinajstić information content (AvgIpc) is 2.73. The van der Waals surface area contributed by atoms with Crippen LogP contribution in [0.5, 0.6) is 0 Å². The highest BCUT2D eigenvalue weighted by Crippen LogP contribution is 2.19. The van der Waals surface area contributed by atoms with Crippen LogP contribution >= 0.6 is 0 Å². The fourth-order valence-electron chi connectivity index (χ4n) is 1.76. The second-order valence-corrected chi connectivity index (χ2v) is 4.04. The number of nitrogens with zero attached hydrogens (tertiary/aromatic N) is 2. The van der Waals surface area contributed by atoms with E-state index in [0.717, 1.165) is 19.3 Å². The molecule has 0 saturated carbocycles. The van der Waals surface area contributed by atoms with Crippen LogP contribution in [0.25, 0.3) is 0 Å². The van der Waals surface area contributed by atoms with Crippen molar-refractivity contribution in [3.8, 4) is 0 Å². The van der Waals surface area contributed by atoms with E-state index < -0.39 is 0 Å². The summed E-state index contributed by atoms with van der Waals surface area (Å²) in [6, 6.07) is 0. The largest absolute Gasteiger partial charge is 0.344 e. The van der Waals surface area contributed by atoms with Crippen LogP contribution in [0.15, 0.2) is 0 Å². The summed E-state index contributed by atoms with van der Waals surface area (Å²) < 4.78 is 0. The fraction of sp³-hybridized carbons (Fsp3) is 0.727. The summed E-state index contributed by atoms with van der Waals surface area (Å²) in [5, 5.41) is 9.55. The molecule has 1 aromatic heterocycles. The standard InChI is InChI=1S/C11H20N4O/c1-5-11(6-2,7-3)13-10(16)9-12-8(4)14-15-9/h5-7H2,1-4H3,(H,13,16)(H,12,14,15). The highest BCUT2D eigenvalue weighted by atomic mass is 16.2. The Labute approximate surface area is 96.0 Å². The van der Waals surface area contributed by atoms with E-state index in [9.17, 15) is 4.79 Å². The Bertz CT molecular complexity index is 346. The third-order valence-corrected chi connectivity index (χ3v) is 3.21. The third-order valence-electron chi connectivity index (χ3n) is 3.21. The molecule has 0 aliphatic carbocycles. The van der Waals surface area contributed by atoms with Crippen LogP contribution < -0.4 is 5.32 Å². The number of aromatic amines is 1. The highest BCUT2D eigenvalue weighted by molar-refractivity contribution is 5.90. The number of nitrogens with one attached hydrogen (secondary N) is 2. The molecule has 5 heteroatoms. The lowest BCUT2D eigenvalue weighted by atomic mass is 9.90. The molecule has 1 aromatic rings. The van der Waals surface area contributed by atoms with Gasteiger partial charge in [-0.05, 0) is 26.2 Å². The first-order valence-corrected chi connectivity index (χ1v) is 5.78. The van der Waals surface area contributed by atoms with Crippen molar-refractivity contribution in [2.75, 3.05) is 0 Å². The molecule has 2 N–H and O–H groups in total. The van der Waals surface area contributed by atoms with Crippen molar-refractivity contribution in [3.05, 3.63) is 11.6 Å². The number of amides is 1. The SMILES string of the molecule is CCC(CC)(CC)NC(=O)c1n[nH]c(C)n1. The molecule has 0 radical (unpaired) electrons. The van der Waals surface area contributed by atoms with E-state index in [-0.39, 0.29) is 17.3 Å². The van der Waals surface area contributed by atoms with Crippen molar-refractivity contribution >= 4 is 5.91 Å². The minimum atomic E-state index is -0.199. The van der Waals surface area contributed by atoms with Gasteiger partial charge >= 0.3 is 0 Å². The molecule has 0 aromatic carbocycles. The van der Waals surface area contributed by atoms with Crippen molar-refractivity contribution in [2.45, 2.75) is 52.5 Å². The van der Waals surface area contributed by atoms with Crippen LogP contribution in [0.4, 0.5) is 0 Å². The minimum Gasteiger partial charge on any atom is -0.344 e. The smallest absolute Gasteiger partial charge is 0.291 e. The average molecular weight is 224 g/mol. The number of rotatable bonds is 5. The number of hydrogen-bond donors (Lipinski definition) is 2. The van der Waals surface area contributed by atoms with Gasteiger partial charge in [0, 0.05) is 5.54 Å². The molecule has 0 fully saturated rings. The molecule has 0 aliphatic heterocycles. The molecule has 0 saturated heterocycles. The van der Waals surface area contributed by atoms with E-state index in [1.165, 1.54) is 0 Å². The van der Waals surface area contributed by atoms with Gasteiger partial charge in [0.05, 0.1) is 0 Å². The lowest BCUT2D eigenvalue weighted by molar-refractivity contribution is 0.0877. The predicted octanol–water partition coefficient (Wildman–Crippen LogP) is 1.81. The summed E-state index contributed by atoms with van der Waals surface area (Å²) in [5.41, 5.74) is -0.133. The second kappa shape index (κ2) is 5.09. The van der Waals surface area contributed by atoms with E-state index in [0.29, 0.717) is 5.82 Å². The predicted molar refractivity (Wildman–Crippen MR) is 62.2 cm³/mol. The van der Waals surface area contributed by atoms with Crippen LogP contribution in [-0.4, -0.2) is 26.6 Å². The number of aromatic nitrogens is 3. The van der Waals surface area contributed by atoms with Crippen molar-refractivity contribution in [1.82, 2.24) is 20.5 Å². The lowest BCUT2D eigenvalue weighted by Crippen LogP contribution is -2.47. The topological polar surface area (TPSA) is 70.7 Å². The van der Waals surface area contributed by atoms with Crippen LogP contribution in [0.3, 0.4) is 0 Å². The van der Waals surface area contributed by atoms with E-state index in [4.69, 9.17) is 0 Å². The molecule has 1 amide bonds. The Morgan fingerprint density at radius 3 is 2.25 bits per heavy atom. The zero-order valence-electron chi connectivity index (χ0n) is 10.4. The van der Waals surface area contributed by atoms with Gasteiger partial charge in [0.25, 0.3) is 5.91 Å². The van der Waals surface area contributed by atoms with Gasteiger partial charge in [0.2, 0.25) is 5.82 Å². The maximum absolute atomic E-state index is 11.9. The molecule has 0 bridgehead atoms. The van der Waals surface area contributed by atoms with E-state index >= 15 is 0 Å². The van der Waals surface area contributed by atoms with Crippen LogP contribution in [0.1, 0.15) is 56.5 Å². The molecule has 0 atom stereocenters.